The zero-order valence-electron chi connectivity index (χ0n) is 18.6. The highest BCUT2D eigenvalue weighted by molar-refractivity contribution is 6.04. The summed E-state index contributed by atoms with van der Waals surface area (Å²) in [4.78, 5) is 34.6. The van der Waals surface area contributed by atoms with Gasteiger partial charge in [0.25, 0.3) is 5.91 Å². The molecule has 0 N–H and O–H groups in total. The van der Waals surface area contributed by atoms with Crippen LogP contribution < -0.4 is 4.90 Å². The van der Waals surface area contributed by atoms with E-state index in [9.17, 15) is 9.59 Å². The minimum atomic E-state index is -0.593. The fraction of sp³-hybridized carbons (Fsp3) is 0.259. The monoisotopic (exact) mass is 440 g/mol. The van der Waals surface area contributed by atoms with Gasteiger partial charge in [-0.15, -0.1) is 0 Å². The van der Waals surface area contributed by atoms with E-state index in [1.807, 2.05) is 78.9 Å². The van der Waals surface area contributed by atoms with Crippen molar-refractivity contribution in [1.29, 1.82) is 0 Å². The van der Waals surface area contributed by atoms with Gasteiger partial charge in [0.2, 0.25) is 0 Å². The zero-order chi connectivity index (χ0) is 22.6. The van der Waals surface area contributed by atoms with Gasteiger partial charge in [0.05, 0.1) is 6.67 Å². The minimum Gasteiger partial charge on any atom is -0.369 e. The number of carbonyl (C=O) groups excluding carboxylic acids is 2. The summed E-state index contributed by atoms with van der Waals surface area (Å²) in [5.41, 5.74) is 3.07. The molecule has 3 aromatic rings. The summed E-state index contributed by atoms with van der Waals surface area (Å²) < 4.78 is 0. The van der Waals surface area contributed by atoms with Crippen molar-refractivity contribution in [3.05, 3.63) is 102 Å². The number of benzene rings is 3. The number of hydrogen-bond donors (Lipinski definition) is 0. The second-order valence-corrected chi connectivity index (χ2v) is 8.56. The standard InChI is InChI=1S/C27H28N4O2/c32-26-25(23-12-6-2-7-13-23)30(20-22-10-4-1-5-11-22)27(33)31(26)21-28-16-18-29(19-17-28)24-14-8-3-9-15-24/h1-15,25H,16-21H2. The van der Waals surface area contributed by atoms with E-state index in [1.165, 1.54) is 10.6 Å². The molecule has 0 aliphatic carbocycles. The lowest BCUT2D eigenvalue weighted by atomic mass is 10.1. The molecule has 33 heavy (non-hydrogen) atoms. The summed E-state index contributed by atoms with van der Waals surface area (Å²) in [6, 6.07) is 29.0. The van der Waals surface area contributed by atoms with Gasteiger partial charge in [-0.25, -0.2) is 9.69 Å². The lowest BCUT2D eigenvalue weighted by molar-refractivity contribution is -0.130. The fourth-order valence-corrected chi connectivity index (χ4v) is 4.65. The number of urea groups is 1. The van der Waals surface area contributed by atoms with Crippen molar-refractivity contribution in [1.82, 2.24) is 14.7 Å². The number of rotatable bonds is 6. The predicted octanol–water partition coefficient (Wildman–Crippen LogP) is 3.97. The first kappa shape index (κ1) is 21.2. The SMILES string of the molecule is O=C1C(c2ccccc2)N(Cc2ccccc2)C(=O)N1CN1CCN(c2ccccc2)CC1. The van der Waals surface area contributed by atoms with Crippen LogP contribution in [0.25, 0.3) is 0 Å². The molecule has 3 aromatic carbocycles. The van der Waals surface area contributed by atoms with Crippen molar-refractivity contribution >= 4 is 17.6 Å². The number of hydrogen-bond acceptors (Lipinski definition) is 4. The summed E-state index contributed by atoms with van der Waals surface area (Å²) in [7, 11) is 0. The van der Waals surface area contributed by atoms with Crippen molar-refractivity contribution in [2.75, 3.05) is 37.7 Å². The number of para-hydroxylation sites is 1. The molecule has 2 heterocycles. The van der Waals surface area contributed by atoms with E-state index in [-0.39, 0.29) is 11.9 Å². The van der Waals surface area contributed by atoms with E-state index >= 15 is 0 Å². The summed E-state index contributed by atoms with van der Waals surface area (Å²) in [6.45, 7) is 4.09. The molecule has 2 aliphatic rings. The van der Waals surface area contributed by atoms with Gasteiger partial charge >= 0.3 is 6.03 Å². The third-order valence-electron chi connectivity index (χ3n) is 6.43. The Kier molecular flexibility index (Phi) is 6.09. The van der Waals surface area contributed by atoms with Crippen molar-refractivity contribution < 1.29 is 9.59 Å². The van der Waals surface area contributed by atoms with E-state index < -0.39 is 6.04 Å². The highest BCUT2D eigenvalue weighted by Gasteiger charge is 2.46. The molecule has 1 atom stereocenters. The fourth-order valence-electron chi connectivity index (χ4n) is 4.65. The van der Waals surface area contributed by atoms with Gasteiger partial charge in [0, 0.05) is 38.4 Å². The van der Waals surface area contributed by atoms with Crippen molar-refractivity contribution in [3.8, 4) is 0 Å². The summed E-state index contributed by atoms with van der Waals surface area (Å²) in [5.74, 6) is -0.146. The summed E-state index contributed by atoms with van der Waals surface area (Å²) in [5, 5.41) is 0. The molecule has 0 spiro atoms. The molecule has 0 aromatic heterocycles. The molecule has 6 nitrogen and oxygen atoms in total. The Labute approximate surface area is 194 Å². The summed E-state index contributed by atoms with van der Waals surface area (Å²) >= 11 is 0. The number of carbonyl (C=O) groups is 2. The molecule has 168 valence electrons. The number of nitrogens with zero attached hydrogens (tertiary/aromatic N) is 4. The summed E-state index contributed by atoms with van der Waals surface area (Å²) in [6.07, 6.45) is 0. The van der Waals surface area contributed by atoms with E-state index in [0.717, 1.165) is 37.3 Å². The third kappa shape index (κ3) is 4.47. The average molecular weight is 441 g/mol. The molecule has 0 radical (unpaired) electrons. The first-order valence-corrected chi connectivity index (χ1v) is 11.4. The molecular weight excluding hydrogens is 412 g/mol. The molecule has 0 bridgehead atoms. The van der Waals surface area contributed by atoms with Gasteiger partial charge < -0.3 is 9.80 Å². The highest BCUT2D eigenvalue weighted by atomic mass is 16.2. The molecule has 5 rings (SSSR count). The van der Waals surface area contributed by atoms with Crippen molar-refractivity contribution in [2.45, 2.75) is 12.6 Å². The first-order valence-electron chi connectivity index (χ1n) is 11.4. The molecule has 6 heteroatoms. The van der Waals surface area contributed by atoms with E-state index in [0.29, 0.717) is 13.2 Å². The van der Waals surface area contributed by atoms with E-state index in [2.05, 4.69) is 21.9 Å². The quantitative estimate of drug-likeness (QED) is 0.544. The Morgan fingerprint density at radius 1 is 0.697 bits per heavy atom. The predicted molar refractivity (Wildman–Crippen MR) is 129 cm³/mol. The second kappa shape index (κ2) is 9.46. The number of amides is 3. The van der Waals surface area contributed by atoms with Crippen LogP contribution in [-0.2, 0) is 11.3 Å². The van der Waals surface area contributed by atoms with Gasteiger partial charge in [0.1, 0.15) is 6.04 Å². The van der Waals surface area contributed by atoms with Crippen molar-refractivity contribution in [2.24, 2.45) is 0 Å². The van der Waals surface area contributed by atoms with Crippen LogP contribution in [0, 0.1) is 0 Å². The van der Waals surface area contributed by atoms with Gasteiger partial charge in [-0.1, -0.05) is 78.9 Å². The number of imide groups is 1. The zero-order valence-corrected chi connectivity index (χ0v) is 18.6. The van der Waals surface area contributed by atoms with Crippen LogP contribution in [0.2, 0.25) is 0 Å². The molecule has 3 amide bonds. The first-order chi connectivity index (χ1) is 16.2. The third-order valence-corrected chi connectivity index (χ3v) is 6.43. The van der Waals surface area contributed by atoms with E-state index in [4.69, 9.17) is 0 Å². The Hall–Kier alpha value is -3.64. The lowest BCUT2D eigenvalue weighted by Gasteiger charge is -2.37. The second-order valence-electron chi connectivity index (χ2n) is 8.56. The van der Waals surface area contributed by atoms with Crippen LogP contribution in [0.5, 0.6) is 0 Å². The van der Waals surface area contributed by atoms with Crippen LogP contribution in [0.4, 0.5) is 10.5 Å². The van der Waals surface area contributed by atoms with Crippen molar-refractivity contribution in [3.63, 3.8) is 0 Å². The maximum Gasteiger partial charge on any atom is 0.329 e. The van der Waals surface area contributed by atoms with Gasteiger partial charge in [-0.3, -0.25) is 9.69 Å². The Morgan fingerprint density at radius 2 is 1.27 bits per heavy atom. The van der Waals surface area contributed by atoms with Gasteiger partial charge in [0.15, 0.2) is 0 Å². The smallest absolute Gasteiger partial charge is 0.329 e. The molecule has 2 aliphatic heterocycles. The minimum absolute atomic E-state index is 0.146. The van der Waals surface area contributed by atoms with Crippen LogP contribution >= 0.6 is 0 Å². The maximum absolute atomic E-state index is 13.5. The highest BCUT2D eigenvalue weighted by Crippen LogP contribution is 2.32. The molecule has 1 unspecified atom stereocenters. The lowest BCUT2D eigenvalue weighted by Crippen LogP contribution is -2.51. The van der Waals surface area contributed by atoms with Crippen LogP contribution in [0.3, 0.4) is 0 Å². The average Bonchev–Trinajstić information content (AvgIpc) is 3.10. The number of anilines is 1. The Balaban J connectivity index is 1.31. The van der Waals surface area contributed by atoms with Crippen LogP contribution in [-0.4, -0.2) is 59.5 Å². The topological polar surface area (TPSA) is 47.1 Å². The largest absolute Gasteiger partial charge is 0.369 e. The number of piperazine rings is 1. The normalized spacial score (nSPS) is 19.4. The molecular formula is C27H28N4O2. The molecule has 0 saturated carbocycles. The Bertz CT molecular complexity index is 1080. The molecule has 2 saturated heterocycles. The Morgan fingerprint density at radius 3 is 1.91 bits per heavy atom. The van der Waals surface area contributed by atoms with Gasteiger partial charge in [-0.05, 0) is 23.3 Å². The van der Waals surface area contributed by atoms with Gasteiger partial charge in [-0.2, -0.15) is 0 Å². The molecule has 2 fully saturated rings. The van der Waals surface area contributed by atoms with Crippen LogP contribution in [0.1, 0.15) is 17.2 Å². The maximum atomic E-state index is 13.5. The van der Waals surface area contributed by atoms with E-state index in [1.54, 1.807) is 4.90 Å². The van der Waals surface area contributed by atoms with Crippen LogP contribution in [0.15, 0.2) is 91.0 Å².